The number of rotatable bonds is 2. The number of piperidine rings is 1. The van der Waals surface area contributed by atoms with Gasteiger partial charge in [-0.2, -0.15) is 0 Å². The third kappa shape index (κ3) is 2.82. The summed E-state index contributed by atoms with van der Waals surface area (Å²) in [6.07, 6.45) is 0.758. The van der Waals surface area contributed by atoms with E-state index < -0.39 is 6.13 Å². The zero-order chi connectivity index (χ0) is 12.4. The Morgan fingerprint density at radius 2 is 2.06 bits per heavy atom. The van der Waals surface area contributed by atoms with Crippen LogP contribution in [0.5, 0.6) is 0 Å². The van der Waals surface area contributed by atoms with E-state index in [0.29, 0.717) is 13.1 Å². The first kappa shape index (κ1) is 12.9. The number of likely N-dealkylation sites (tertiary alicyclic amines) is 1. The van der Waals surface area contributed by atoms with Crippen molar-refractivity contribution in [3.05, 3.63) is 34.6 Å². The van der Waals surface area contributed by atoms with E-state index in [0.717, 1.165) is 18.4 Å². The fourth-order valence-corrected chi connectivity index (χ4v) is 2.59. The molecule has 1 aromatic carbocycles. The van der Waals surface area contributed by atoms with Crippen molar-refractivity contribution in [2.45, 2.75) is 24.9 Å². The van der Waals surface area contributed by atoms with Crippen LogP contribution in [0.25, 0.3) is 0 Å². The van der Waals surface area contributed by atoms with Crippen LogP contribution in [-0.4, -0.2) is 37.1 Å². The van der Waals surface area contributed by atoms with Crippen LogP contribution in [0.15, 0.2) is 18.2 Å². The van der Waals surface area contributed by atoms with Crippen molar-refractivity contribution >= 4 is 19.4 Å². The van der Waals surface area contributed by atoms with E-state index in [1.807, 2.05) is 6.07 Å². The van der Waals surface area contributed by atoms with Gasteiger partial charge in [-0.1, -0.05) is 23.7 Å². The van der Waals surface area contributed by atoms with Gasteiger partial charge >= 0.3 is 0 Å². The van der Waals surface area contributed by atoms with Crippen LogP contribution in [0.1, 0.15) is 24.3 Å². The monoisotopic (exact) mass is 253 g/mol. The lowest BCUT2D eigenvalue weighted by Gasteiger charge is -2.34. The standard InChI is InChI=1S/C12H14BClFNO/c13-12(17)16-6-4-8(5-7-16)9-2-1-3-10(15)11(9)14/h1-3,8,12,17H,4-7H2. The number of benzene rings is 1. The van der Waals surface area contributed by atoms with Crippen molar-refractivity contribution in [1.82, 2.24) is 4.90 Å². The van der Waals surface area contributed by atoms with Crippen LogP contribution < -0.4 is 0 Å². The Balaban J connectivity index is 2.08. The summed E-state index contributed by atoms with van der Waals surface area (Å²) in [6, 6.07) is 4.91. The van der Waals surface area contributed by atoms with Gasteiger partial charge in [0, 0.05) is 13.1 Å². The zero-order valence-electron chi connectivity index (χ0n) is 9.44. The van der Waals surface area contributed by atoms with E-state index in [1.165, 1.54) is 6.07 Å². The van der Waals surface area contributed by atoms with E-state index in [-0.39, 0.29) is 16.8 Å². The van der Waals surface area contributed by atoms with Crippen molar-refractivity contribution in [3.63, 3.8) is 0 Å². The van der Waals surface area contributed by atoms with Gasteiger partial charge in [0.2, 0.25) is 0 Å². The van der Waals surface area contributed by atoms with Crippen LogP contribution in [0, 0.1) is 5.82 Å². The quantitative estimate of drug-likeness (QED) is 0.816. The second kappa shape index (κ2) is 5.38. The minimum atomic E-state index is -0.904. The van der Waals surface area contributed by atoms with Crippen molar-refractivity contribution in [1.29, 1.82) is 0 Å². The van der Waals surface area contributed by atoms with Gasteiger partial charge in [0.05, 0.1) is 11.1 Å². The molecule has 2 radical (unpaired) electrons. The van der Waals surface area contributed by atoms with Gasteiger partial charge in [-0.3, -0.25) is 4.90 Å². The zero-order valence-corrected chi connectivity index (χ0v) is 10.2. The minimum Gasteiger partial charge on any atom is -0.388 e. The van der Waals surface area contributed by atoms with E-state index >= 15 is 0 Å². The number of halogens is 2. The summed E-state index contributed by atoms with van der Waals surface area (Å²) in [5.41, 5.74) is 0.859. The molecule has 90 valence electrons. The molecule has 1 heterocycles. The molecule has 0 saturated carbocycles. The van der Waals surface area contributed by atoms with E-state index in [9.17, 15) is 9.50 Å². The van der Waals surface area contributed by atoms with Gasteiger partial charge in [-0.05, 0) is 30.4 Å². The largest absolute Gasteiger partial charge is 0.388 e. The molecule has 17 heavy (non-hydrogen) atoms. The highest BCUT2D eigenvalue weighted by Gasteiger charge is 2.24. The second-order valence-electron chi connectivity index (χ2n) is 4.37. The maximum Gasteiger partial charge on any atom is 0.142 e. The Morgan fingerprint density at radius 1 is 1.41 bits per heavy atom. The van der Waals surface area contributed by atoms with Crippen molar-refractivity contribution in [3.8, 4) is 0 Å². The Morgan fingerprint density at radius 3 is 2.65 bits per heavy atom. The molecule has 1 saturated heterocycles. The Labute approximate surface area is 107 Å². The molecular weight excluding hydrogens is 239 g/mol. The summed E-state index contributed by atoms with van der Waals surface area (Å²) in [5.74, 6) is -0.126. The number of nitrogens with zero attached hydrogens (tertiary/aromatic N) is 1. The lowest BCUT2D eigenvalue weighted by atomic mass is 9.88. The highest BCUT2D eigenvalue weighted by Crippen LogP contribution is 2.34. The highest BCUT2D eigenvalue weighted by molar-refractivity contribution is 6.31. The van der Waals surface area contributed by atoms with Crippen LogP contribution in [0.3, 0.4) is 0 Å². The van der Waals surface area contributed by atoms with E-state index in [1.54, 1.807) is 11.0 Å². The van der Waals surface area contributed by atoms with Crippen LogP contribution in [0.4, 0.5) is 4.39 Å². The predicted octanol–water partition coefficient (Wildman–Crippen LogP) is 2.10. The average Bonchev–Trinajstić information content (AvgIpc) is 2.33. The molecule has 1 N–H and O–H groups in total. The molecule has 5 heteroatoms. The number of aliphatic hydroxyl groups is 1. The van der Waals surface area contributed by atoms with Crippen molar-refractivity contribution < 1.29 is 9.50 Å². The average molecular weight is 254 g/mol. The summed E-state index contributed by atoms with van der Waals surface area (Å²) < 4.78 is 13.3. The van der Waals surface area contributed by atoms with Crippen molar-refractivity contribution in [2.75, 3.05) is 13.1 Å². The van der Waals surface area contributed by atoms with Gasteiger partial charge in [-0.15, -0.1) is 0 Å². The molecule has 2 nitrogen and oxygen atoms in total. The van der Waals surface area contributed by atoms with Crippen LogP contribution >= 0.6 is 11.6 Å². The Hall–Kier alpha value is -0.575. The molecule has 2 rings (SSSR count). The van der Waals surface area contributed by atoms with Gasteiger partial charge in [0.25, 0.3) is 0 Å². The number of aliphatic hydroxyl groups excluding tert-OH is 1. The normalized spacial score (nSPS) is 20.4. The molecule has 0 bridgehead atoms. The summed E-state index contributed by atoms with van der Waals surface area (Å²) in [5, 5.41) is 9.47. The molecule has 0 aliphatic carbocycles. The summed E-state index contributed by atoms with van der Waals surface area (Å²) in [7, 11) is 5.40. The Kier molecular flexibility index (Phi) is 4.07. The minimum absolute atomic E-state index is 0.222. The third-order valence-corrected chi connectivity index (χ3v) is 3.72. The fourth-order valence-electron chi connectivity index (χ4n) is 2.31. The smallest absolute Gasteiger partial charge is 0.142 e. The molecule has 1 atom stereocenters. The molecule has 1 aliphatic rings. The molecule has 0 aromatic heterocycles. The maximum atomic E-state index is 13.3. The van der Waals surface area contributed by atoms with Crippen molar-refractivity contribution in [2.24, 2.45) is 0 Å². The third-order valence-electron chi connectivity index (χ3n) is 3.32. The number of hydrogen-bond donors (Lipinski definition) is 1. The first-order chi connectivity index (χ1) is 8.09. The molecule has 0 amide bonds. The molecule has 1 unspecified atom stereocenters. The topological polar surface area (TPSA) is 23.5 Å². The number of hydrogen-bond acceptors (Lipinski definition) is 2. The first-order valence-corrected chi connectivity index (χ1v) is 6.09. The lowest BCUT2D eigenvalue weighted by Crippen LogP contribution is -2.41. The van der Waals surface area contributed by atoms with Gasteiger partial charge < -0.3 is 5.11 Å². The SMILES string of the molecule is [B]C(O)N1CCC(c2cccc(F)c2Cl)CC1. The molecule has 1 fully saturated rings. The van der Waals surface area contributed by atoms with Crippen LogP contribution in [-0.2, 0) is 0 Å². The molecule has 1 aliphatic heterocycles. The highest BCUT2D eigenvalue weighted by atomic mass is 35.5. The second-order valence-corrected chi connectivity index (χ2v) is 4.74. The predicted molar refractivity (Wildman–Crippen MR) is 66.7 cm³/mol. The lowest BCUT2D eigenvalue weighted by molar-refractivity contribution is 0.0487. The van der Waals surface area contributed by atoms with Gasteiger partial charge in [0.15, 0.2) is 0 Å². The van der Waals surface area contributed by atoms with E-state index in [4.69, 9.17) is 19.4 Å². The Bertz CT molecular complexity index is 394. The maximum absolute atomic E-state index is 13.3. The van der Waals surface area contributed by atoms with E-state index in [2.05, 4.69) is 0 Å². The summed E-state index contributed by atoms with van der Waals surface area (Å²) in [4.78, 5) is 1.80. The van der Waals surface area contributed by atoms with Gasteiger partial charge in [0.1, 0.15) is 13.7 Å². The fraction of sp³-hybridized carbons (Fsp3) is 0.500. The van der Waals surface area contributed by atoms with Gasteiger partial charge in [-0.25, -0.2) is 4.39 Å². The first-order valence-electron chi connectivity index (χ1n) is 5.71. The molecule has 1 aromatic rings. The summed E-state index contributed by atoms with van der Waals surface area (Å²) in [6.45, 7) is 1.41. The summed E-state index contributed by atoms with van der Waals surface area (Å²) >= 11 is 5.96. The molecule has 0 spiro atoms. The van der Waals surface area contributed by atoms with Crippen LogP contribution in [0.2, 0.25) is 5.02 Å². The molecular formula is C12H14BClFNO.